The molecule has 0 aliphatic rings. The second kappa shape index (κ2) is 7.52. The Balaban J connectivity index is 2.67. The summed E-state index contributed by atoms with van der Waals surface area (Å²) in [4.78, 5) is 22.1. The number of hydrazone groups is 1. The summed E-state index contributed by atoms with van der Waals surface area (Å²) in [6.45, 7) is 0. The Labute approximate surface area is 124 Å². The van der Waals surface area contributed by atoms with Gasteiger partial charge in [0.2, 0.25) is 0 Å². The topological polar surface area (TPSA) is 88.0 Å². The summed E-state index contributed by atoms with van der Waals surface area (Å²) in [5.41, 5.74) is 2.53. The molecule has 0 aliphatic heterocycles. The third kappa shape index (κ3) is 4.56. The second-order valence-corrected chi connectivity index (χ2v) is 4.18. The van der Waals surface area contributed by atoms with E-state index in [-0.39, 0.29) is 5.03 Å². The molecule has 0 fully saturated rings. The van der Waals surface area contributed by atoms with Crippen molar-refractivity contribution < 1.29 is 19.4 Å². The molecule has 0 spiro atoms. The van der Waals surface area contributed by atoms with Gasteiger partial charge in [-0.3, -0.25) is 4.79 Å². The van der Waals surface area contributed by atoms with Crippen molar-refractivity contribution in [3.05, 3.63) is 39.9 Å². The van der Waals surface area contributed by atoms with Crippen molar-refractivity contribution in [3.8, 4) is 5.75 Å². The lowest BCUT2D eigenvalue weighted by molar-refractivity contribution is -0.131. The highest BCUT2D eigenvalue weighted by Gasteiger charge is 2.08. The Kier molecular flexibility index (Phi) is 6.02. The number of methoxy groups -OCH3 is 1. The molecule has 2 N–H and O–H groups in total. The van der Waals surface area contributed by atoms with E-state index >= 15 is 0 Å². The van der Waals surface area contributed by atoms with Crippen molar-refractivity contribution in [1.29, 1.82) is 0 Å². The minimum Gasteiger partial charge on any atom is -0.497 e. The number of nitrogens with one attached hydrogen (secondary N) is 1. The van der Waals surface area contributed by atoms with E-state index in [1.807, 2.05) is 0 Å². The molecule has 1 amide bonds. The van der Waals surface area contributed by atoms with Crippen LogP contribution in [-0.2, 0) is 4.79 Å². The number of carboxylic acids is 1. The lowest BCUT2D eigenvalue weighted by atomic mass is 10.2. The Bertz CT molecular complexity index is 567. The molecular weight excluding hydrogens is 307 g/mol. The SMILES string of the molecule is COc1ccc(C(=O)NN=CC(Cl)=C(Cl)C(=O)O)cc1. The van der Waals surface area contributed by atoms with E-state index in [0.717, 1.165) is 6.21 Å². The highest BCUT2D eigenvalue weighted by atomic mass is 35.5. The second-order valence-electron chi connectivity index (χ2n) is 3.39. The van der Waals surface area contributed by atoms with Crippen molar-refractivity contribution in [2.45, 2.75) is 0 Å². The zero-order valence-electron chi connectivity index (χ0n) is 10.3. The van der Waals surface area contributed by atoms with Crippen LogP contribution in [0.1, 0.15) is 10.4 Å². The van der Waals surface area contributed by atoms with Crippen LogP contribution in [0.15, 0.2) is 39.4 Å². The molecule has 8 heteroatoms. The molecule has 0 heterocycles. The van der Waals surface area contributed by atoms with E-state index in [1.165, 1.54) is 7.11 Å². The van der Waals surface area contributed by atoms with Gasteiger partial charge in [-0.15, -0.1) is 0 Å². The number of allylic oxidation sites excluding steroid dienone is 1. The summed E-state index contributed by atoms with van der Waals surface area (Å²) in [6, 6.07) is 6.33. The average molecular weight is 317 g/mol. The van der Waals surface area contributed by atoms with Crippen LogP contribution in [0, 0.1) is 0 Å². The van der Waals surface area contributed by atoms with Crippen molar-refractivity contribution in [3.63, 3.8) is 0 Å². The number of nitrogens with zero attached hydrogens (tertiary/aromatic N) is 1. The van der Waals surface area contributed by atoms with Crippen molar-refractivity contribution in [2.24, 2.45) is 5.10 Å². The largest absolute Gasteiger partial charge is 0.497 e. The highest BCUT2D eigenvalue weighted by molar-refractivity contribution is 6.51. The highest BCUT2D eigenvalue weighted by Crippen LogP contribution is 2.12. The fourth-order valence-electron chi connectivity index (χ4n) is 1.11. The first-order chi connectivity index (χ1) is 9.45. The van der Waals surface area contributed by atoms with Gasteiger partial charge in [0.25, 0.3) is 5.91 Å². The van der Waals surface area contributed by atoms with E-state index in [2.05, 4.69) is 10.5 Å². The van der Waals surface area contributed by atoms with Crippen LogP contribution in [0.4, 0.5) is 0 Å². The number of hydrogen-bond donors (Lipinski definition) is 2. The molecule has 0 aromatic heterocycles. The first kappa shape index (κ1) is 16.0. The fourth-order valence-corrected chi connectivity index (χ4v) is 1.29. The number of benzene rings is 1. The lowest BCUT2D eigenvalue weighted by Gasteiger charge is -2.02. The Morgan fingerprint density at radius 1 is 1.30 bits per heavy atom. The van der Waals surface area contributed by atoms with E-state index in [1.54, 1.807) is 24.3 Å². The van der Waals surface area contributed by atoms with Crippen LogP contribution in [0.2, 0.25) is 0 Å². The molecule has 0 bridgehead atoms. The summed E-state index contributed by atoms with van der Waals surface area (Å²) in [5.74, 6) is -1.26. The van der Waals surface area contributed by atoms with Gasteiger partial charge in [0.15, 0.2) is 0 Å². The van der Waals surface area contributed by atoms with Gasteiger partial charge in [0.05, 0.1) is 18.4 Å². The molecule has 0 radical (unpaired) electrons. The number of hydrogen-bond acceptors (Lipinski definition) is 4. The van der Waals surface area contributed by atoms with Crippen molar-refractivity contribution in [1.82, 2.24) is 5.43 Å². The monoisotopic (exact) mass is 316 g/mol. The van der Waals surface area contributed by atoms with Gasteiger partial charge < -0.3 is 9.84 Å². The minimum atomic E-state index is -1.38. The maximum absolute atomic E-state index is 11.7. The quantitative estimate of drug-likeness (QED) is 0.495. The normalized spacial score (nSPS) is 11.9. The van der Waals surface area contributed by atoms with Gasteiger partial charge >= 0.3 is 5.97 Å². The van der Waals surface area contributed by atoms with Crippen LogP contribution in [-0.4, -0.2) is 30.3 Å². The van der Waals surface area contributed by atoms with Crippen LogP contribution >= 0.6 is 23.2 Å². The predicted octanol–water partition coefficient (Wildman–Crippen LogP) is 2.18. The molecular formula is C12H10Cl2N2O4. The fraction of sp³-hybridized carbons (Fsp3) is 0.0833. The third-order valence-electron chi connectivity index (χ3n) is 2.09. The van der Waals surface area contributed by atoms with Crippen LogP contribution in [0.3, 0.4) is 0 Å². The Morgan fingerprint density at radius 3 is 2.40 bits per heavy atom. The van der Waals surface area contributed by atoms with Gasteiger partial charge in [-0.2, -0.15) is 5.10 Å². The number of carbonyl (C=O) groups excluding carboxylic acids is 1. The van der Waals surface area contributed by atoms with E-state index in [9.17, 15) is 9.59 Å². The van der Waals surface area contributed by atoms with Crippen molar-refractivity contribution >= 4 is 41.3 Å². The first-order valence-corrected chi connectivity index (χ1v) is 5.97. The third-order valence-corrected chi connectivity index (χ3v) is 2.84. The number of rotatable bonds is 5. The predicted molar refractivity (Wildman–Crippen MR) is 75.3 cm³/mol. The molecule has 0 saturated heterocycles. The molecule has 0 atom stereocenters. The number of ether oxygens (including phenoxy) is 1. The summed E-state index contributed by atoms with van der Waals surface area (Å²) >= 11 is 10.9. The number of halogens is 2. The molecule has 1 aromatic rings. The van der Waals surface area contributed by atoms with Gasteiger partial charge in [-0.05, 0) is 24.3 Å². The van der Waals surface area contributed by atoms with Gasteiger partial charge in [0.1, 0.15) is 10.8 Å². The number of amides is 1. The van der Waals surface area contributed by atoms with Crippen LogP contribution in [0.5, 0.6) is 5.75 Å². The van der Waals surface area contributed by atoms with Gasteiger partial charge in [-0.1, -0.05) is 23.2 Å². The molecule has 6 nitrogen and oxygen atoms in total. The molecule has 0 unspecified atom stereocenters. The van der Waals surface area contributed by atoms with E-state index < -0.39 is 16.9 Å². The summed E-state index contributed by atoms with van der Waals surface area (Å²) in [6.07, 6.45) is 0.930. The lowest BCUT2D eigenvalue weighted by Crippen LogP contribution is -2.17. The molecule has 1 rings (SSSR count). The van der Waals surface area contributed by atoms with E-state index in [0.29, 0.717) is 11.3 Å². The van der Waals surface area contributed by atoms with Crippen LogP contribution < -0.4 is 10.2 Å². The minimum absolute atomic E-state index is 0.297. The maximum Gasteiger partial charge on any atom is 0.348 e. The maximum atomic E-state index is 11.7. The molecule has 20 heavy (non-hydrogen) atoms. The van der Waals surface area contributed by atoms with Gasteiger partial charge in [0, 0.05) is 5.56 Å². The number of carbonyl (C=O) groups is 2. The van der Waals surface area contributed by atoms with Crippen molar-refractivity contribution in [2.75, 3.05) is 7.11 Å². The van der Waals surface area contributed by atoms with Gasteiger partial charge in [-0.25, -0.2) is 10.2 Å². The number of carboxylic acid groups (broad SMARTS) is 1. The molecule has 106 valence electrons. The Hall–Kier alpha value is -2.05. The van der Waals surface area contributed by atoms with Crippen LogP contribution in [0.25, 0.3) is 0 Å². The summed E-state index contributed by atoms with van der Waals surface area (Å²) in [5, 5.41) is 11.2. The molecule has 0 aliphatic carbocycles. The number of aliphatic carboxylic acids is 1. The zero-order valence-corrected chi connectivity index (χ0v) is 11.8. The first-order valence-electron chi connectivity index (χ1n) is 5.21. The smallest absolute Gasteiger partial charge is 0.348 e. The summed E-state index contributed by atoms with van der Waals surface area (Å²) < 4.78 is 4.96. The average Bonchev–Trinajstić information content (AvgIpc) is 2.46. The Morgan fingerprint density at radius 2 is 1.90 bits per heavy atom. The standard InChI is InChI=1S/C12H10Cl2N2O4/c1-20-8-4-2-7(3-5-8)11(17)16-15-6-9(13)10(14)12(18)19/h2-6H,1H3,(H,16,17)(H,18,19). The summed E-state index contributed by atoms with van der Waals surface area (Å²) in [7, 11) is 1.51. The molecule has 1 aromatic carbocycles. The van der Waals surface area contributed by atoms with E-state index in [4.69, 9.17) is 33.0 Å². The zero-order chi connectivity index (χ0) is 15.1. The molecule has 0 saturated carbocycles.